The van der Waals surface area contributed by atoms with Gasteiger partial charge in [-0.1, -0.05) is 18.2 Å². The Morgan fingerprint density at radius 1 is 1.47 bits per heavy atom. The van der Waals surface area contributed by atoms with E-state index in [0.717, 1.165) is 0 Å². The Kier molecular flexibility index (Phi) is 4.39. The molecule has 5 heteroatoms. The number of ether oxygens (including phenoxy) is 1. The number of benzene rings is 1. The molecular weight excluding hydrogens is 222 g/mol. The Balaban J connectivity index is 2.93. The highest BCUT2D eigenvalue weighted by molar-refractivity contribution is 5.94. The predicted octanol–water partition coefficient (Wildman–Crippen LogP) is 2.72. The first-order valence-electron chi connectivity index (χ1n) is 5.13. The molecule has 1 aromatic carbocycles. The molecule has 1 aromatic rings. The number of para-hydroxylation sites is 1. The number of nitro benzene ring substituents is 1. The van der Waals surface area contributed by atoms with E-state index >= 15 is 0 Å². The zero-order chi connectivity index (χ0) is 12.8. The Morgan fingerprint density at radius 3 is 2.71 bits per heavy atom. The fourth-order valence-electron chi connectivity index (χ4n) is 1.35. The number of rotatable bonds is 4. The van der Waals surface area contributed by atoms with Gasteiger partial charge in [0, 0.05) is 6.07 Å². The molecule has 1 rings (SSSR count). The van der Waals surface area contributed by atoms with Crippen LogP contribution in [-0.4, -0.2) is 17.0 Å². The lowest BCUT2D eigenvalue weighted by molar-refractivity contribution is -0.385. The average molecular weight is 235 g/mol. The largest absolute Gasteiger partial charge is 0.455 e. The summed E-state index contributed by atoms with van der Waals surface area (Å²) in [6.45, 7) is 3.49. The Hall–Kier alpha value is -2.17. The number of nitrogens with zero attached hydrogens (tertiary/aromatic N) is 1. The maximum atomic E-state index is 11.7. The maximum Gasteiger partial charge on any atom is 0.345 e. The van der Waals surface area contributed by atoms with Crippen LogP contribution in [0.15, 0.2) is 36.4 Å². The highest BCUT2D eigenvalue weighted by atomic mass is 16.6. The van der Waals surface area contributed by atoms with E-state index < -0.39 is 17.0 Å². The van der Waals surface area contributed by atoms with E-state index in [2.05, 4.69) is 0 Å². The standard InChI is InChI=1S/C12H13NO4/c1-3-6-9(2)17-12(14)10-7-4-5-8-11(10)13(15)16/h3-9H,1-2H3/b6-3+/t9-/m0/s1. The van der Waals surface area contributed by atoms with Crippen LogP contribution >= 0.6 is 0 Å². The first-order valence-corrected chi connectivity index (χ1v) is 5.13. The molecule has 0 aliphatic heterocycles. The summed E-state index contributed by atoms with van der Waals surface area (Å²) in [4.78, 5) is 21.8. The van der Waals surface area contributed by atoms with Crippen molar-refractivity contribution < 1.29 is 14.5 Å². The van der Waals surface area contributed by atoms with Gasteiger partial charge in [0.1, 0.15) is 11.7 Å². The van der Waals surface area contributed by atoms with Crippen LogP contribution in [0.1, 0.15) is 24.2 Å². The summed E-state index contributed by atoms with van der Waals surface area (Å²) in [5.74, 6) is -0.692. The van der Waals surface area contributed by atoms with Gasteiger partial charge in [-0.05, 0) is 26.0 Å². The van der Waals surface area contributed by atoms with Crippen LogP contribution in [0.2, 0.25) is 0 Å². The molecule has 0 saturated heterocycles. The van der Waals surface area contributed by atoms with Gasteiger partial charge in [0.15, 0.2) is 0 Å². The van der Waals surface area contributed by atoms with E-state index in [9.17, 15) is 14.9 Å². The van der Waals surface area contributed by atoms with Crippen molar-refractivity contribution in [2.45, 2.75) is 20.0 Å². The SMILES string of the molecule is C/C=C/[C@H](C)OC(=O)c1ccccc1[N+](=O)[O-]. The third kappa shape index (κ3) is 3.41. The van der Waals surface area contributed by atoms with E-state index in [4.69, 9.17) is 4.74 Å². The number of esters is 1. The molecule has 0 aliphatic carbocycles. The third-order valence-corrected chi connectivity index (χ3v) is 2.08. The van der Waals surface area contributed by atoms with Crippen LogP contribution in [0.25, 0.3) is 0 Å². The summed E-state index contributed by atoms with van der Waals surface area (Å²) < 4.78 is 5.04. The molecule has 17 heavy (non-hydrogen) atoms. The number of carbonyl (C=O) groups excluding carboxylic acids is 1. The van der Waals surface area contributed by atoms with Crippen LogP contribution in [0.5, 0.6) is 0 Å². The van der Waals surface area contributed by atoms with Gasteiger partial charge in [-0.3, -0.25) is 10.1 Å². The topological polar surface area (TPSA) is 69.4 Å². The predicted molar refractivity (Wildman–Crippen MR) is 62.8 cm³/mol. The smallest absolute Gasteiger partial charge is 0.345 e. The van der Waals surface area contributed by atoms with Gasteiger partial charge in [0.25, 0.3) is 5.69 Å². The number of hydrogen-bond acceptors (Lipinski definition) is 4. The fourth-order valence-corrected chi connectivity index (χ4v) is 1.35. The summed E-state index contributed by atoms with van der Waals surface area (Å²) >= 11 is 0. The minimum Gasteiger partial charge on any atom is -0.455 e. The lowest BCUT2D eigenvalue weighted by Crippen LogP contribution is -2.14. The molecule has 0 bridgehead atoms. The molecule has 0 amide bonds. The van der Waals surface area contributed by atoms with Gasteiger partial charge < -0.3 is 4.74 Å². The second-order valence-electron chi connectivity index (χ2n) is 3.41. The molecule has 0 unspecified atom stereocenters. The minimum atomic E-state index is -0.692. The van der Waals surface area contributed by atoms with Gasteiger partial charge >= 0.3 is 5.97 Å². The summed E-state index contributed by atoms with van der Waals surface area (Å²) in [5, 5.41) is 10.7. The quantitative estimate of drug-likeness (QED) is 0.348. The summed E-state index contributed by atoms with van der Waals surface area (Å²) in [6.07, 6.45) is 3.02. The Labute approximate surface area is 98.9 Å². The second-order valence-corrected chi connectivity index (χ2v) is 3.41. The van der Waals surface area contributed by atoms with Gasteiger partial charge in [-0.2, -0.15) is 0 Å². The van der Waals surface area contributed by atoms with Crippen molar-refractivity contribution in [1.82, 2.24) is 0 Å². The van der Waals surface area contributed by atoms with Gasteiger partial charge in [0.2, 0.25) is 0 Å². The lowest BCUT2D eigenvalue weighted by atomic mass is 10.2. The molecule has 0 aliphatic rings. The van der Waals surface area contributed by atoms with Crippen molar-refractivity contribution in [1.29, 1.82) is 0 Å². The summed E-state index contributed by atoms with van der Waals surface area (Å²) in [7, 11) is 0. The molecule has 0 radical (unpaired) electrons. The first-order chi connectivity index (χ1) is 8.06. The van der Waals surface area contributed by atoms with Crippen molar-refractivity contribution in [2.75, 3.05) is 0 Å². The first kappa shape index (κ1) is 12.9. The van der Waals surface area contributed by atoms with Crippen molar-refractivity contribution in [2.24, 2.45) is 0 Å². The summed E-state index contributed by atoms with van der Waals surface area (Å²) in [6, 6.07) is 5.72. The van der Waals surface area contributed by atoms with E-state index in [0.29, 0.717) is 0 Å². The van der Waals surface area contributed by atoms with Crippen LogP contribution < -0.4 is 0 Å². The van der Waals surface area contributed by atoms with Crippen molar-refractivity contribution in [3.05, 3.63) is 52.1 Å². The van der Waals surface area contributed by atoms with Gasteiger partial charge in [0.05, 0.1) is 4.92 Å². The molecule has 0 heterocycles. The zero-order valence-electron chi connectivity index (χ0n) is 9.62. The van der Waals surface area contributed by atoms with Crippen LogP contribution in [-0.2, 0) is 4.74 Å². The maximum absolute atomic E-state index is 11.7. The molecule has 5 nitrogen and oxygen atoms in total. The number of hydrogen-bond donors (Lipinski definition) is 0. The highest BCUT2D eigenvalue weighted by Crippen LogP contribution is 2.19. The minimum absolute atomic E-state index is 0.0335. The van der Waals surface area contributed by atoms with E-state index in [-0.39, 0.29) is 11.3 Å². The van der Waals surface area contributed by atoms with Crippen LogP contribution in [0, 0.1) is 10.1 Å². The number of allylic oxidation sites excluding steroid dienone is 1. The van der Waals surface area contributed by atoms with E-state index in [1.807, 2.05) is 0 Å². The molecule has 0 saturated carbocycles. The Morgan fingerprint density at radius 2 is 2.12 bits per heavy atom. The monoisotopic (exact) mass is 235 g/mol. The molecule has 0 fully saturated rings. The summed E-state index contributed by atoms with van der Waals surface area (Å²) in [5.41, 5.74) is -0.279. The lowest BCUT2D eigenvalue weighted by Gasteiger charge is -2.08. The van der Waals surface area contributed by atoms with E-state index in [1.54, 1.807) is 32.1 Å². The highest BCUT2D eigenvalue weighted by Gasteiger charge is 2.21. The third-order valence-electron chi connectivity index (χ3n) is 2.08. The Bertz CT molecular complexity index is 454. The van der Waals surface area contributed by atoms with E-state index in [1.165, 1.54) is 18.2 Å². The molecule has 0 spiro atoms. The molecular formula is C12H13NO4. The van der Waals surface area contributed by atoms with Gasteiger partial charge in [-0.25, -0.2) is 4.79 Å². The van der Waals surface area contributed by atoms with Crippen LogP contribution in [0.3, 0.4) is 0 Å². The van der Waals surface area contributed by atoms with Crippen molar-refractivity contribution in [3.8, 4) is 0 Å². The van der Waals surface area contributed by atoms with Crippen molar-refractivity contribution >= 4 is 11.7 Å². The molecule has 0 aromatic heterocycles. The molecule has 90 valence electrons. The second kappa shape index (κ2) is 5.79. The fraction of sp³-hybridized carbons (Fsp3) is 0.250. The van der Waals surface area contributed by atoms with Crippen LogP contribution in [0.4, 0.5) is 5.69 Å². The zero-order valence-corrected chi connectivity index (χ0v) is 9.62. The normalized spacial score (nSPS) is 12.4. The number of carbonyl (C=O) groups is 1. The molecule has 0 N–H and O–H groups in total. The van der Waals surface area contributed by atoms with Gasteiger partial charge in [-0.15, -0.1) is 0 Å². The van der Waals surface area contributed by atoms with Crippen molar-refractivity contribution in [3.63, 3.8) is 0 Å². The molecule has 1 atom stereocenters. The average Bonchev–Trinajstić information content (AvgIpc) is 2.29. The number of nitro groups is 1.